The van der Waals surface area contributed by atoms with E-state index in [2.05, 4.69) is 5.32 Å². The number of thiophene rings is 1. The molecule has 6 nitrogen and oxygen atoms in total. The Labute approximate surface area is 164 Å². The fraction of sp³-hybridized carbons (Fsp3) is 0.421. The van der Waals surface area contributed by atoms with E-state index in [1.165, 1.54) is 15.6 Å². The number of rotatable bonds is 7. The summed E-state index contributed by atoms with van der Waals surface area (Å²) in [5.41, 5.74) is 1.16. The fourth-order valence-electron chi connectivity index (χ4n) is 3.03. The second-order valence-electron chi connectivity index (χ2n) is 6.59. The number of amides is 1. The van der Waals surface area contributed by atoms with Gasteiger partial charge in [0, 0.05) is 13.1 Å². The van der Waals surface area contributed by atoms with Crippen LogP contribution in [-0.2, 0) is 14.8 Å². The Morgan fingerprint density at radius 2 is 2.07 bits per heavy atom. The Bertz CT molecular complexity index is 848. The average Bonchev–Trinajstić information content (AvgIpc) is 3.22. The highest BCUT2D eigenvalue weighted by atomic mass is 32.2. The standard InChI is InChI=1S/C19H24N2O4S2/c1-15-6-8-17(9-7-15)25-12-10-20-19(22)16-4-2-11-21(14-16)27(23,24)18-5-3-13-26-18/h3,5-9,13,16H,2,4,10-12,14H2,1H3,(H,20,22)/t16-/m1/s1. The van der Waals surface area contributed by atoms with E-state index in [0.717, 1.165) is 11.3 Å². The van der Waals surface area contributed by atoms with Crippen molar-refractivity contribution in [2.75, 3.05) is 26.2 Å². The van der Waals surface area contributed by atoms with Gasteiger partial charge in [0.1, 0.15) is 16.6 Å². The summed E-state index contributed by atoms with van der Waals surface area (Å²) in [5, 5.41) is 4.60. The van der Waals surface area contributed by atoms with Gasteiger partial charge in [0.25, 0.3) is 10.0 Å². The van der Waals surface area contributed by atoms with Crippen LogP contribution in [-0.4, -0.2) is 44.9 Å². The van der Waals surface area contributed by atoms with Crippen molar-refractivity contribution < 1.29 is 17.9 Å². The topological polar surface area (TPSA) is 75.7 Å². The normalized spacial score (nSPS) is 18.2. The summed E-state index contributed by atoms with van der Waals surface area (Å²) in [6.07, 6.45) is 1.38. The van der Waals surface area contributed by atoms with E-state index in [1.807, 2.05) is 31.2 Å². The van der Waals surface area contributed by atoms with Crippen molar-refractivity contribution in [1.82, 2.24) is 9.62 Å². The lowest BCUT2D eigenvalue weighted by molar-refractivity contribution is -0.126. The first-order valence-corrected chi connectivity index (χ1v) is 11.3. The number of piperidine rings is 1. The Kier molecular flexibility index (Phi) is 6.51. The maximum absolute atomic E-state index is 12.6. The molecule has 1 fully saturated rings. The van der Waals surface area contributed by atoms with E-state index in [4.69, 9.17) is 4.74 Å². The quantitative estimate of drug-likeness (QED) is 0.715. The van der Waals surface area contributed by atoms with Gasteiger partial charge in [-0.05, 0) is 43.3 Å². The van der Waals surface area contributed by atoms with Crippen molar-refractivity contribution in [2.45, 2.75) is 24.0 Å². The molecule has 1 saturated heterocycles. The van der Waals surface area contributed by atoms with Crippen molar-refractivity contribution in [3.05, 3.63) is 47.3 Å². The van der Waals surface area contributed by atoms with Crippen molar-refractivity contribution in [2.24, 2.45) is 5.92 Å². The van der Waals surface area contributed by atoms with Gasteiger partial charge in [0.05, 0.1) is 12.5 Å². The summed E-state index contributed by atoms with van der Waals surface area (Å²) in [7, 11) is -3.50. The molecule has 1 aromatic heterocycles. The summed E-state index contributed by atoms with van der Waals surface area (Å²) < 4.78 is 32.6. The molecule has 1 N–H and O–H groups in total. The van der Waals surface area contributed by atoms with E-state index in [-0.39, 0.29) is 18.4 Å². The molecule has 0 spiro atoms. The molecule has 27 heavy (non-hydrogen) atoms. The second kappa shape index (κ2) is 8.86. The molecule has 1 aliphatic rings. The minimum absolute atomic E-state index is 0.117. The minimum atomic E-state index is -3.50. The van der Waals surface area contributed by atoms with Crippen molar-refractivity contribution in [3.63, 3.8) is 0 Å². The molecule has 0 aliphatic carbocycles. The molecular weight excluding hydrogens is 384 g/mol. The monoisotopic (exact) mass is 408 g/mol. The Morgan fingerprint density at radius 1 is 1.30 bits per heavy atom. The smallest absolute Gasteiger partial charge is 0.252 e. The van der Waals surface area contributed by atoms with Crippen LogP contribution in [0.25, 0.3) is 0 Å². The van der Waals surface area contributed by atoms with Gasteiger partial charge in [0.15, 0.2) is 0 Å². The van der Waals surface area contributed by atoms with Crippen LogP contribution >= 0.6 is 11.3 Å². The minimum Gasteiger partial charge on any atom is -0.492 e. The van der Waals surface area contributed by atoms with Crippen LogP contribution in [0.3, 0.4) is 0 Å². The molecule has 3 rings (SSSR count). The number of hydrogen-bond acceptors (Lipinski definition) is 5. The number of aryl methyl sites for hydroxylation is 1. The molecule has 1 aliphatic heterocycles. The van der Waals surface area contributed by atoms with E-state index in [9.17, 15) is 13.2 Å². The summed E-state index contributed by atoms with van der Waals surface area (Å²) in [5.74, 6) is 0.321. The molecule has 0 radical (unpaired) electrons. The molecule has 8 heteroatoms. The van der Waals surface area contributed by atoms with Crippen LogP contribution in [0.4, 0.5) is 0 Å². The SMILES string of the molecule is Cc1ccc(OCCNC(=O)[C@@H]2CCCN(S(=O)(=O)c3cccs3)C2)cc1. The average molecular weight is 409 g/mol. The van der Waals surface area contributed by atoms with Crippen molar-refractivity contribution in [1.29, 1.82) is 0 Å². The van der Waals surface area contributed by atoms with Crippen LogP contribution in [0.2, 0.25) is 0 Å². The van der Waals surface area contributed by atoms with Crippen molar-refractivity contribution >= 4 is 27.3 Å². The molecule has 0 saturated carbocycles. The van der Waals surface area contributed by atoms with E-state index in [1.54, 1.807) is 17.5 Å². The largest absolute Gasteiger partial charge is 0.492 e. The summed E-state index contributed by atoms with van der Waals surface area (Å²) in [6.45, 7) is 3.46. The fourth-order valence-corrected chi connectivity index (χ4v) is 5.70. The molecule has 0 unspecified atom stereocenters. The number of ether oxygens (including phenoxy) is 1. The summed E-state index contributed by atoms with van der Waals surface area (Å²) >= 11 is 1.20. The molecule has 2 heterocycles. The van der Waals surface area contributed by atoms with E-state index >= 15 is 0 Å². The lowest BCUT2D eigenvalue weighted by atomic mass is 9.99. The Hall–Kier alpha value is -1.90. The maximum atomic E-state index is 12.6. The number of benzene rings is 1. The summed E-state index contributed by atoms with van der Waals surface area (Å²) in [6, 6.07) is 11.1. The second-order valence-corrected chi connectivity index (χ2v) is 9.70. The number of nitrogens with one attached hydrogen (secondary N) is 1. The van der Waals surface area contributed by atoms with Crippen LogP contribution in [0.5, 0.6) is 5.75 Å². The Morgan fingerprint density at radius 3 is 2.78 bits per heavy atom. The molecule has 1 amide bonds. The first kappa shape index (κ1) is 19.9. The molecule has 2 aromatic rings. The maximum Gasteiger partial charge on any atom is 0.252 e. The first-order valence-electron chi connectivity index (χ1n) is 8.97. The van der Waals surface area contributed by atoms with E-state index < -0.39 is 10.0 Å². The Balaban J connectivity index is 1.47. The third-order valence-corrected chi connectivity index (χ3v) is 7.77. The van der Waals surface area contributed by atoms with Gasteiger partial charge in [-0.2, -0.15) is 4.31 Å². The molecule has 146 valence electrons. The number of carbonyl (C=O) groups excluding carboxylic acids is 1. The highest BCUT2D eigenvalue weighted by molar-refractivity contribution is 7.91. The van der Waals surface area contributed by atoms with Gasteiger partial charge in [-0.1, -0.05) is 23.8 Å². The molecule has 0 bridgehead atoms. The number of nitrogens with zero attached hydrogens (tertiary/aromatic N) is 1. The van der Waals surface area contributed by atoms with E-state index in [0.29, 0.717) is 36.7 Å². The predicted molar refractivity (Wildman–Crippen MR) is 105 cm³/mol. The van der Waals surface area contributed by atoms with Gasteiger partial charge in [-0.15, -0.1) is 11.3 Å². The zero-order chi connectivity index (χ0) is 19.3. The lowest BCUT2D eigenvalue weighted by Crippen LogP contribution is -2.45. The van der Waals surface area contributed by atoms with Gasteiger partial charge >= 0.3 is 0 Å². The van der Waals surface area contributed by atoms with Gasteiger partial charge in [0.2, 0.25) is 5.91 Å². The van der Waals surface area contributed by atoms with Gasteiger partial charge < -0.3 is 10.1 Å². The molecule has 1 aromatic carbocycles. The predicted octanol–water partition coefficient (Wildman–Crippen LogP) is 2.65. The summed E-state index contributed by atoms with van der Waals surface area (Å²) in [4.78, 5) is 12.4. The lowest BCUT2D eigenvalue weighted by Gasteiger charge is -2.30. The van der Waals surface area contributed by atoms with Gasteiger partial charge in [-0.25, -0.2) is 8.42 Å². The highest BCUT2D eigenvalue weighted by Crippen LogP contribution is 2.26. The van der Waals surface area contributed by atoms with Crippen LogP contribution < -0.4 is 10.1 Å². The number of sulfonamides is 1. The van der Waals surface area contributed by atoms with Crippen LogP contribution in [0.15, 0.2) is 46.0 Å². The first-order chi connectivity index (χ1) is 13.0. The molecular formula is C19H24N2O4S2. The zero-order valence-electron chi connectivity index (χ0n) is 15.3. The number of carbonyl (C=O) groups is 1. The van der Waals surface area contributed by atoms with Crippen LogP contribution in [0, 0.1) is 12.8 Å². The van der Waals surface area contributed by atoms with Crippen molar-refractivity contribution in [3.8, 4) is 5.75 Å². The third-order valence-electron chi connectivity index (χ3n) is 4.54. The third kappa shape index (κ3) is 5.09. The number of hydrogen-bond donors (Lipinski definition) is 1. The molecule has 1 atom stereocenters. The highest BCUT2D eigenvalue weighted by Gasteiger charge is 2.33. The van der Waals surface area contributed by atoms with Gasteiger partial charge in [-0.3, -0.25) is 4.79 Å². The zero-order valence-corrected chi connectivity index (χ0v) is 16.9. The van der Waals surface area contributed by atoms with Crippen LogP contribution in [0.1, 0.15) is 18.4 Å².